The summed E-state index contributed by atoms with van der Waals surface area (Å²) in [6, 6.07) is 13.0. The van der Waals surface area contributed by atoms with Crippen LogP contribution in [-0.4, -0.2) is 34.9 Å². The Bertz CT molecular complexity index is 1180. The molecule has 32 heavy (non-hydrogen) atoms. The number of aromatic nitrogens is 2. The summed E-state index contributed by atoms with van der Waals surface area (Å²) in [6.45, 7) is -2.01. The molecule has 0 fully saturated rings. The lowest BCUT2D eigenvalue weighted by Gasteiger charge is -2.11. The van der Waals surface area contributed by atoms with Crippen molar-refractivity contribution in [2.45, 2.75) is 13.5 Å². The van der Waals surface area contributed by atoms with E-state index in [0.717, 1.165) is 0 Å². The van der Waals surface area contributed by atoms with Gasteiger partial charge in [0.1, 0.15) is 5.75 Å². The molecule has 11 heteroatoms. The fourth-order valence-electron chi connectivity index (χ4n) is 2.65. The third kappa shape index (κ3) is 5.88. The molecule has 0 aliphatic carbocycles. The predicted octanol–water partition coefficient (Wildman–Crippen LogP) is 3.59. The van der Waals surface area contributed by atoms with E-state index in [4.69, 9.17) is 16.3 Å². The predicted molar refractivity (Wildman–Crippen MR) is 112 cm³/mol. The molecular weight excluding hydrogens is 448 g/mol. The number of hydrogen-bond acceptors (Lipinski definition) is 6. The van der Waals surface area contributed by atoms with Crippen LogP contribution in [0.3, 0.4) is 0 Å². The fraction of sp³-hybridized carbons (Fsp3) is 0.143. The van der Waals surface area contributed by atoms with Crippen LogP contribution in [0, 0.1) is 6.92 Å². The second kappa shape index (κ2) is 10.0. The van der Waals surface area contributed by atoms with Gasteiger partial charge in [-0.25, -0.2) is 9.48 Å². The lowest BCUT2D eigenvalue weighted by molar-refractivity contribution is -0.119. The molecule has 0 atom stereocenters. The average Bonchev–Trinajstić information content (AvgIpc) is 2.74. The maximum absolute atomic E-state index is 12.3. The molecule has 0 unspecified atom stereocenters. The van der Waals surface area contributed by atoms with E-state index in [1.165, 1.54) is 35.0 Å². The molecule has 0 aliphatic rings. The number of halogens is 3. The van der Waals surface area contributed by atoms with E-state index >= 15 is 0 Å². The van der Waals surface area contributed by atoms with Crippen LogP contribution in [0.25, 0.3) is 5.69 Å². The van der Waals surface area contributed by atoms with E-state index in [0.29, 0.717) is 16.4 Å². The van der Waals surface area contributed by atoms with Crippen LogP contribution in [0.1, 0.15) is 16.2 Å². The van der Waals surface area contributed by atoms with Crippen LogP contribution < -0.4 is 15.5 Å². The van der Waals surface area contributed by atoms with Gasteiger partial charge in [0.15, 0.2) is 6.61 Å². The third-order valence-corrected chi connectivity index (χ3v) is 4.32. The summed E-state index contributed by atoms with van der Waals surface area (Å²) in [5.74, 6) is -1.86. The molecule has 0 spiro atoms. The molecule has 1 amide bonds. The van der Waals surface area contributed by atoms with E-state index in [9.17, 15) is 23.2 Å². The van der Waals surface area contributed by atoms with Gasteiger partial charge in [-0.2, -0.15) is 13.9 Å². The molecular formula is C21H16ClF2N3O5. The van der Waals surface area contributed by atoms with E-state index in [1.54, 1.807) is 31.2 Å². The van der Waals surface area contributed by atoms with Crippen molar-refractivity contribution in [1.82, 2.24) is 9.78 Å². The van der Waals surface area contributed by atoms with Crippen molar-refractivity contribution in [2.24, 2.45) is 0 Å². The highest BCUT2D eigenvalue weighted by Gasteiger charge is 2.18. The third-order valence-electron chi connectivity index (χ3n) is 4.07. The van der Waals surface area contributed by atoms with Crippen LogP contribution in [0.2, 0.25) is 5.02 Å². The first-order valence-corrected chi connectivity index (χ1v) is 9.49. The molecule has 1 aromatic heterocycles. The van der Waals surface area contributed by atoms with Gasteiger partial charge in [-0.15, -0.1) is 0 Å². The Hall–Kier alpha value is -3.79. The second-order valence-electron chi connectivity index (χ2n) is 6.41. The zero-order valence-electron chi connectivity index (χ0n) is 16.6. The number of esters is 1. The van der Waals surface area contributed by atoms with E-state index in [-0.39, 0.29) is 11.4 Å². The summed E-state index contributed by atoms with van der Waals surface area (Å²) in [5, 5.41) is 6.98. The Labute approximate surface area is 185 Å². The van der Waals surface area contributed by atoms with E-state index in [2.05, 4.69) is 15.2 Å². The molecule has 1 N–H and O–H groups in total. The summed E-state index contributed by atoms with van der Waals surface area (Å²) < 4.78 is 34.8. The largest absolute Gasteiger partial charge is 0.451 e. The zero-order valence-corrected chi connectivity index (χ0v) is 17.3. The van der Waals surface area contributed by atoms with Gasteiger partial charge in [0.2, 0.25) is 11.1 Å². The number of hydrogen-bond donors (Lipinski definition) is 1. The Balaban J connectivity index is 1.65. The van der Waals surface area contributed by atoms with Crippen molar-refractivity contribution in [2.75, 3.05) is 11.9 Å². The standard InChI is InChI=1S/C21H16ClF2N3O5/c1-12-10-17(28)19(26-27(12)15-6-2-13(22)3-7-15)20(30)31-11-18(29)25-14-4-8-16(9-5-14)32-21(23)24/h2-10,21H,11H2,1H3,(H,25,29). The number of nitrogens with one attached hydrogen (secondary N) is 1. The van der Waals surface area contributed by atoms with Crippen LogP contribution in [0.15, 0.2) is 59.4 Å². The highest BCUT2D eigenvalue weighted by molar-refractivity contribution is 6.30. The summed E-state index contributed by atoms with van der Waals surface area (Å²) in [6.07, 6.45) is 0. The summed E-state index contributed by atoms with van der Waals surface area (Å²) in [7, 11) is 0. The Kier molecular flexibility index (Phi) is 7.16. The van der Waals surface area contributed by atoms with Crippen LogP contribution >= 0.6 is 11.6 Å². The van der Waals surface area contributed by atoms with Gasteiger partial charge in [-0.1, -0.05) is 11.6 Å². The monoisotopic (exact) mass is 463 g/mol. The van der Waals surface area contributed by atoms with Gasteiger partial charge >= 0.3 is 12.6 Å². The smallest absolute Gasteiger partial charge is 0.387 e. The van der Waals surface area contributed by atoms with Crippen molar-refractivity contribution in [3.05, 3.63) is 81.2 Å². The number of aryl methyl sites for hydroxylation is 1. The average molecular weight is 464 g/mol. The first-order valence-electron chi connectivity index (χ1n) is 9.11. The highest BCUT2D eigenvalue weighted by Crippen LogP contribution is 2.18. The minimum atomic E-state index is -2.96. The normalized spacial score (nSPS) is 10.7. The number of benzene rings is 2. The highest BCUT2D eigenvalue weighted by atomic mass is 35.5. The summed E-state index contributed by atoms with van der Waals surface area (Å²) in [5.41, 5.74) is 0.162. The van der Waals surface area contributed by atoms with Gasteiger partial charge in [0.05, 0.1) is 5.69 Å². The summed E-state index contributed by atoms with van der Waals surface area (Å²) >= 11 is 5.87. The first kappa shape index (κ1) is 22.9. The number of anilines is 1. The molecule has 0 radical (unpaired) electrons. The Morgan fingerprint density at radius 1 is 1.12 bits per heavy atom. The topological polar surface area (TPSA) is 99.5 Å². The van der Waals surface area contributed by atoms with Crippen molar-refractivity contribution in [1.29, 1.82) is 0 Å². The molecule has 1 heterocycles. The zero-order chi connectivity index (χ0) is 23.3. The van der Waals surface area contributed by atoms with Crippen molar-refractivity contribution in [3.8, 4) is 11.4 Å². The number of carbonyl (C=O) groups excluding carboxylic acids is 2. The van der Waals surface area contributed by atoms with Gasteiger partial charge in [0, 0.05) is 22.5 Å². The van der Waals surface area contributed by atoms with Crippen LogP contribution in [0.4, 0.5) is 14.5 Å². The van der Waals surface area contributed by atoms with E-state index in [1.807, 2.05) is 0 Å². The van der Waals surface area contributed by atoms with Crippen LogP contribution in [-0.2, 0) is 9.53 Å². The van der Waals surface area contributed by atoms with Gasteiger partial charge in [-0.3, -0.25) is 9.59 Å². The molecule has 8 nitrogen and oxygen atoms in total. The molecule has 3 rings (SSSR count). The number of carbonyl (C=O) groups is 2. The number of alkyl halides is 2. The van der Waals surface area contributed by atoms with Gasteiger partial charge in [-0.05, 0) is 55.5 Å². The van der Waals surface area contributed by atoms with Crippen LogP contribution in [0.5, 0.6) is 5.75 Å². The molecule has 0 aliphatic heterocycles. The maximum Gasteiger partial charge on any atom is 0.387 e. The lowest BCUT2D eigenvalue weighted by atomic mass is 10.3. The minimum absolute atomic E-state index is 0.0770. The SMILES string of the molecule is Cc1cc(=O)c(C(=O)OCC(=O)Nc2ccc(OC(F)F)cc2)nn1-c1ccc(Cl)cc1. The molecule has 0 bridgehead atoms. The Morgan fingerprint density at radius 3 is 2.41 bits per heavy atom. The summed E-state index contributed by atoms with van der Waals surface area (Å²) in [4.78, 5) is 36.5. The number of ether oxygens (including phenoxy) is 2. The minimum Gasteiger partial charge on any atom is -0.451 e. The van der Waals surface area contributed by atoms with E-state index < -0.39 is 36.2 Å². The molecule has 0 saturated heterocycles. The second-order valence-corrected chi connectivity index (χ2v) is 6.85. The first-order chi connectivity index (χ1) is 15.2. The van der Waals surface area contributed by atoms with Gasteiger partial charge < -0.3 is 14.8 Å². The van der Waals surface area contributed by atoms with Crippen molar-refractivity contribution < 1.29 is 27.8 Å². The number of nitrogens with zero attached hydrogens (tertiary/aromatic N) is 2. The number of rotatable bonds is 7. The quantitative estimate of drug-likeness (QED) is 0.537. The molecule has 3 aromatic rings. The number of amides is 1. The fourth-order valence-corrected chi connectivity index (χ4v) is 2.77. The molecule has 2 aromatic carbocycles. The van der Waals surface area contributed by atoms with Gasteiger partial charge in [0.25, 0.3) is 5.91 Å². The maximum atomic E-state index is 12.3. The lowest BCUT2D eigenvalue weighted by Crippen LogP contribution is -2.27. The van der Waals surface area contributed by atoms with Crippen molar-refractivity contribution in [3.63, 3.8) is 0 Å². The van der Waals surface area contributed by atoms with Crippen molar-refractivity contribution >= 4 is 29.2 Å². The molecule has 166 valence electrons. The Morgan fingerprint density at radius 2 is 1.78 bits per heavy atom. The molecule has 0 saturated carbocycles.